The van der Waals surface area contributed by atoms with E-state index >= 15 is 0 Å². The number of allylic oxidation sites excluding steroid dienone is 1. The van der Waals surface area contributed by atoms with Crippen molar-refractivity contribution in [1.82, 2.24) is 4.98 Å². The number of nitriles is 1. The number of nitro benzene ring substituents is 1. The fourth-order valence-corrected chi connectivity index (χ4v) is 3.28. The number of non-ortho nitro benzene ring substituents is 1. The highest BCUT2D eigenvalue weighted by Crippen LogP contribution is 2.31. The van der Waals surface area contributed by atoms with Gasteiger partial charge in [-0.25, -0.2) is 4.98 Å². The first-order valence-electron chi connectivity index (χ1n) is 7.48. The zero-order valence-electron chi connectivity index (χ0n) is 13.3. The molecule has 0 atom stereocenters. The van der Waals surface area contributed by atoms with Crippen molar-refractivity contribution in [3.05, 3.63) is 80.2 Å². The Labute approximate surface area is 148 Å². The first kappa shape index (κ1) is 16.6. The van der Waals surface area contributed by atoms with E-state index < -0.39 is 4.92 Å². The van der Waals surface area contributed by atoms with Crippen molar-refractivity contribution in [3.8, 4) is 17.3 Å². The molecule has 0 aliphatic heterocycles. The molecule has 1 aromatic heterocycles. The van der Waals surface area contributed by atoms with Crippen LogP contribution in [0.2, 0.25) is 0 Å². The van der Waals surface area contributed by atoms with Crippen LogP contribution in [0.3, 0.4) is 0 Å². The largest absolute Gasteiger partial charge is 0.269 e. The SMILES string of the molecule is Cc1sc(/C(C#N)=C/c2ccc([N+](=O)[O-])cc2)nc1-c1ccccc1. The molecule has 0 saturated carbocycles. The maximum atomic E-state index is 10.7. The average molecular weight is 347 g/mol. The molecular weight excluding hydrogens is 334 g/mol. The van der Waals surface area contributed by atoms with Crippen LogP contribution in [0.25, 0.3) is 22.9 Å². The van der Waals surface area contributed by atoms with Gasteiger partial charge in [0.2, 0.25) is 0 Å². The Morgan fingerprint density at radius 1 is 1.20 bits per heavy atom. The quantitative estimate of drug-likeness (QED) is 0.374. The van der Waals surface area contributed by atoms with Gasteiger partial charge in [0.1, 0.15) is 11.1 Å². The Hall–Kier alpha value is -3.30. The first-order chi connectivity index (χ1) is 12.1. The minimum absolute atomic E-state index is 0.0205. The standard InChI is InChI=1S/C19H13N3O2S/c1-13-18(15-5-3-2-4-6-15)21-19(25-13)16(12-20)11-14-7-9-17(10-8-14)22(23)24/h2-11H,1H3/b16-11+. The van der Waals surface area contributed by atoms with E-state index in [0.29, 0.717) is 10.6 Å². The van der Waals surface area contributed by atoms with Gasteiger partial charge >= 0.3 is 0 Å². The van der Waals surface area contributed by atoms with Gasteiger partial charge in [-0.3, -0.25) is 10.1 Å². The molecule has 0 unspecified atom stereocenters. The summed E-state index contributed by atoms with van der Waals surface area (Å²) in [6.07, 6.45) is 1.69. The summed E-state index contributed by atoms with van der Waals surface area (Å²) in [7, 11) is 0. The number of benzene rings is 2. The summed E-state index contributed by atoms with van der Waals surface area (Å²) in [4.78, 5) is 15.9. The molecule has 25 heavy (non-hydrogen) atoms. The average Bonchev–Trinajstić information content (AvgIpc) is 3.02. The number of thiazole rings is 1. The van der Waals surface area contributed by atoms with Gasteiger partial charge in [0.05, 0.1) is 16.2 Å². The van der Waals surface area contributed by atoms with E-state index in [2.05, 4.69) is 11.1 Å². The molecule has 6 heteroatoms. The van der Waals surface area contributed by atoms with E-state index in [-0.39, 0.29) is 5.69 Å². The molecule has 122 valence electrons. The molecule has 2 aromatic carbocycles. The molecule has 0 aliphatic rings. The number of aryl methyl sites for hydroxylation is 1. The summed E-state index contributed by atoms with van der Waals surface area (Å²) < 4.78 is 0. The molecule has 3 aromatic rings. The second-order valence-electron chi connectivity index (χ2n) is 5.31. The molecule has 0 aliphatic carbocycles. The predicted octanol–water partition coefficient (Wildman–Crippen LogP) is 5.09. The first-order valence-corrected chi connectivity index (χ1v) is 8.29. The molecule has 3 rings (SSSR count). The molecule has 5 nitrogen and oxygen atoms in total. The van der Waals surface area contributed by atoms with Crippen LogP contribution >= 0.6 is 11.3 Å². The second kappa shape index (κ2) is 7.07. The van der Waals surface area contributed by atoms with Gasteiger partial charge in [-0.05, 0) is 30.7 Å². The van der Waals surface area contributed by atoms with Crippen molar-refractivity contribution in [2.45, 2.75) is 6.92 Å². The summed E-state index contributed by atoms with van der Waals surface area (Å²) in [5, 5.41) is 20.8. The van der Waals surface area contributed by atoms with E-state index in [1.165, 1.54) is 23.5 Å². The lowest BCUT2D eigenvalue weighted by molar-refractivity contribution is -0.384. The zero-order valence-corrected chi connectivity index (χ0v) is 14.2. The van der Waals surface area contributed by atoms with Gasteiger partial charge in [0, 0.05) is 22.6 Å². The van der Waals surface area contributed by atoms with Gasteiger partial charge in [-0.15, -0.1) is 11.3 Å². The van der Waals surface area contributed by atoms with E-state index in [0.717, 1.165) is 21.7 Å². The van der Waals surface area contributed by atoms with Crippen molar-refractivity contribution in [2.24, 2.45) is 0 Å². The lowest BCUT2D eigenvalue weighted by Crippen LogP contribution is -1.87. The topological polar surface area (TPSA) is 79.8 Å². The fraction of sp³-hybridized carbons (Fsp3) is 0.0526. The van der Waals surface area contributed by atoms with Crippen molar-refractivity contribution < 1.29 is 4.92 Å². The molecule has 1 heterocycles. The van der Waals surface area contributed by atoms with Crippen LogP contribution < -0.4 is 0 Å². The zero-order chi connectivity index (χ0) is 17.8. The highest BCUT2D eigenvalue weighted by atomic mass is 32.1. The fourth-order valence-electron chi connectivity index (χ4n) is 2.38. The molecule has 0 amide bonds. The Balaban J connectivity index is 1.96. The van der Waals surface area contributed by atoms with E-state index in [1.54, 1.807) is 18.2 Å². The van der Waals surface area contributed by atoms with Crippen molar-refractivity contribution in [1.29, 1.82) is 5.26 Å². The smallest absolute Gasteiger partial charge is 0.258 e. The van der Waals surface area contributed by atoms with Crippen LogP contribution in [0.5, 0.6) is 0 Å². The Morgan fingerprint density at radius 3 is 2.48 bits per heavy atom. The van der Waals surface area contributed by atoms with E-state index in [9.17, 15) is 15.4 Å². The molecule has 0 spiro atoms. The summed E-state index contributed by atoms with van der Waals surface area (Å²) in [6.45, 7) is 1.98. The lowest BCUT2D eigenvalue weighted by atomic mass is 10.1. The van der Waals surface area contributed by atoms with Gasteiger partial charge < -0.3 is 0 Å². The molecule has 0 saturated heterocycles. The molecule has 0 fully saturated rings. The van der Waals surface area contributed by atoms with Crippen LogP contribution in [0.15, 0.2) is 54.6 Å². The highest BCUT2D eigenvalue weighted by Gasteiger charge is 2.13. The number of hydrogen-bond donors (Lipinski definition) is 0. The van der Waals surface area contributed by atoms with Crippen molar-refractivity contribution in [2.75, 3.05) is 0 Å². The highest BCUT2D eigenvalue weighted by molar-refractivity contribution is 7.13. The minimum atomic E-state index is -0.449. The monoisotopic (exact) mass is 347 g/mol. The maximum Gasteiger partial charge on any atom is 0.269 e. The number of rotatable bonds is 4. The molecule has 0 radical (unpaired) electrons. The van der Waals surface area contributed by atoms with Crippen molar-refractivity contribution in [3.63, 3.8) is 0 Å². The van der Waals surface area contributed by atoms with Gasteiger partial charge in [-0.1, -0.05) is 30.3 Å². The van der Waals surface area contributed by atoms with Crippen LogP contribution in [-0.4, -0.2) is 9.91 Å². The van der Waals surface area contributed by atoms with Crippen LogP contribution in [0, 0.1) is 28.4 Å². The predicted molar refractivity (Wildman–Crippen MR) is 98.9 cm³/mol. The van der Waals surface area contributed by atoms with E-state index in [1.807, 2.05) is 37.3 Å². The number of nitro groups is 1. The Morgan fingerprint density at radius 2 is 1.88 bits per heavy atom. The Bertz CT molecular complexity index is 984. The van der Waals surface area contributed by atoms with Gasteiger partial charge in [0.25, 0.3) is 5.69 Å². The number of hydrogen-bond acceptors (Lipinski definition) is 5. The third kappa shape index (κ3) is 3.62. The third-order valence-electron chi connectivity index (χ3n) is 3.61. The van der Waals surface area contributed by atoms with E-state index in [4.69, 9.17) is 0 Å². The van der Waals surface area contributed by atoms with Gasteiger partial charge in [-0.2, -0.15) is 5.26 Å². The van der Waals surface area contributed by atoms with Crippen LogP contribution in [-0.2, 0) is 0 Å². The number of aromatic nitrogens is 1. The molecule has 0 N–H and O–H groups in total. The number of nitrogens with zero attached hydrogens (tertiary/aromatic N) is 3. The summed E-state index contributed by atoms with van der Waals surface area (Å²) in [6, 6.07) is 18.1. The summed E-state index contributed by atoms with van der Waals surface area (Å²) in [5.74, 6) is 0. The second-order valence-corrected chi connectivity index (χ2v) is 6.51. The third-order valence-corrected chi connectivity index (χ3v) is 4.61. The Kier molecular flexibility index (Phi) is 4.68. The van der Waals surface area contributed by atoms with Crippen molar-refractivity contribution >= 4 is 28.7 Å². The van der Waals surface area contributed by atoms with Crippen LogP contribution in [0.4, 0.5) is 5.69 Å². The van der Waals surface area contributed by atoms with Crippen LogP contribution in [0.1, 0.15) is 15.4 Å². The molecular formula is C19H13N3O2S. The molecule has 0 bridgehead atoms. The summed E-state index contributed by atoms with van der Waals surface area (Å²) >= 11 is 1.46. The van der Waals surface area contributed by atoms with Gasteiger partial charge in [0.15, 0.2) is 0 Å². The normalized spacial score (nSPS) is 11.1. The lowest BCUT2D eigenvalue weighted by Gasteiger charge is -1.97. The maximum absolute atomic E-state index is 10.7. The minimum Gasteiger partial charge on any atom is -0.258 e. The summed E-state index contributed by atoms with van der Waals surface area (Å²) in [5.41, 5.74) is 3.05.